The van der Waals surface area contributed by atoms with E-state index < -0.39 is 0 Å². The normalized spacial score (nSPS) is 12.4. The number of rotatable bonds is 4. The third kappa shape index (κ3) is 3.54. The lowest BCUT2D eigenvalue weighted by Crippen LogP contribution is -2.30. The lowest BCUT2D eigenvalue weighted by atomic mass is 9.99. The first-order valence-electron chi connectivity index (χ1n) is 5.76. The molecule has 0 amide bonds. The van der Waals surface area contributed by atoms with Crippen LogP contribution in [0.4, 0.5) is 4.39 Å². The topological polar surface area (TPSA) is 38.0 Å². The second-order valence-corrected chi connectivity index (χ2v) is 5.44. The summed E-state index contributed by atoms with van der Waals surface area (Å²) in [6, 6.07) is 11.9. The second kappa shape index (κ2) is 6.48. The van der Waals surface area contributed by atoms with Crippen molar-refractivity contribution in [2.75, 3.05) is 0 Å². The number of nitrogens with one attached hydrogen (secondary N) is 1. The monoisotopic (exact) mass is 342 g/mol. The quantitative estimate of drug-likeness (QED) is 0.651. The van der Waals surface area contributed by atoms with Crippen LogP contribution in [0.25, 0.3) is 0 Å². The standard InChI is InChI=1S/C14H13BrClFN2/c15-12-6-5-10(17)8-11(12)14(19-18)7-9-3-1-2-4-13(9)16/h1-6,8,14,19H,7,18H2. The van der Waals surface area contributed by atoms with Crippen LogP contribution in [0.1, 0.15) is 17.2 Å². The molecule has 5 heteroatoms. The summed E-state index contributed by atoms with van der Waals surface area (Å²) in [6.45, 7) is 0. The van der Waals surface area contributed by atoms with Crippen molar-refractivity contribution in [2.24, 2.45) is 5.84 Å². The molecule has 0 aliphatic heterocycles. The Labute approximate surface area is 124 Å². The number of hydrogen-bond acceptors (Lipinski definition) is 2. The minimum Gasteiger partial charge on any atom is -0.271 e. The molecule has 0 saturated carbocycles. The Morgan fingerprint density at radius 1 is 1.26 bits per heavy atom. The van der Waals surface area contributed by atoms with Gasteiger partial charge in [-0.15, -0.1) is 0 Å². The summed E-state index contributed by atoms with van der Waals surface area (Å²) in [5.74, 6) is 5.29. The predicted octanol–water partition coefficient (Wildman–Crippen LogP) is 3.99. The van der Waals surface area contributed by atoms with Gasteiger partial charge in [0.2, 0.25) is 0 Å². The SMILES string of the molecule is NNC(Cc1ccccc1Cl)c1cc(F)ccc1Br. The van der Waals surface area contributed by atoms with E-state index in [2.05, 4.69) is 21.4 Å². The van der Waals surface area contributed by atoms with Gasteiger partial charge >= 0.3 is 0 Å². The maximum atomic E-state index is 13.3. The van der Waals surface area contributed by atoms with E-state index in [0.29, 0.717) is 11.4 Å². The zero-order valence-corrected chi connectivity index (χ0v) is 12.4. The molecule has 0 aromatic heterocycles. The highest BCUT2D eigenvalue weighted by atomic mass is 79.9. The van der Waals surface area contributed by atoms with Crippen LogP contribution in [0.15, 0.2) is 46.9 Å². The maximum absolute atomic E-state index is 13.3. The van der Waals surface area contributed by atoms with E-state index in [0.717, 1.165) is 15.6 Å². The number of halogens is 3. The fourth-order valence-corrected chi connectivity index (χ4v) is 2.66. The van der Waals surface area contributed by atoms with Crippen LogP contribution in [0.3, 0.4) is 0 Å². The summed E-state index contributed by atoms with van der Waals surface area (Å²) in [7, 11) is 0. The molecule has 0 radical (unpaired) electrons. The average Bonchev–Trinajstić information content (AvgIpc) is 2.41. The molecule has 3 N–H and O–H groups in total. The van der Waals surface area contributed by atoms with Gasteiger partial charge in [-0.1, -0.05) is 45.7 Å². The molecule has 0 spiro atoms. The first-order valence-corrected chi connectivity index (χ1v) is 6.93. The molecule has 19 heavy (non-hydrogen) atoms. The smallest absolute Gasteiger partial charge is 0.123 e. The molecule has 0 fully saturated rings. The lowest BCUT2D eigenvalue weighted by Gasteiger charge is -2.18. The van der Waals surface area contributed by atoms with E-state index in [9.17, 15) is 4.39 Å². The highest BCUT2D eigenvalue weighted by molar-refractivity contribution is 9.10. The van der Waals surface area contributed by atoms with E-state index in [1.165, 1.54) is 12.1 Å². The van der Waals surface area contributed by atoms with Gasteiger partial charge in [0.25, 0.3) is 0 Å². The van der Waals surface area contributed by atoms with Crippen LogP contribution < -0.4 is 11.3 Å². The fraction of sp³-hybridized carbons (Fsp3) is 0.143. The predicted molar refractivity (Wildman–Crippen MR) is 79.3 cm³/mol. The Hall–Kier alpha value is -0.940. The van der Waals surface area contributed by atoms with Crippen molar-refractivity contribution < 1.29 is 4.39 Å². The van der Waals surface area contributed by atoms with Crippen LogP contribution in [-0.4, -0.2) is 0 Å². The number of nitrogens with two attached hydrogens (primary N) is 1. The third-order valence-electron chi connectivity index (χ3n) is 2.92. The molecule has 0 saturated heterocycles. The van der Waals surface area contributed by atoms with Crippen LogP contribution in [0.2, 0.25) is 5.02 Å². The summed E-state index contributed by atoms with van der Waals surface area (Å²) >= 11 is 9.54. The molecule has 1 atom stereocenters. The van der Waals surface area contributed by atoms with Crippen molar-refractivity contribution in [1.82, 2.24) is 5.43 Å². The Morgan fingerprint density at radius 3 is 2.68 bits per heavy atom. The van der Waals surface area contributed by atoms with Crippen LogP contribution in [0.5, 0.6) is 0 Å². The molecule has 0 aliphatic carbocycles. The molecule has 2 nitrogen and oxygen atoms in total. The van der Waals surface area contributed by atoms with Gasteiger partial charge in [0.1, 0.15) is 5.82 Å². The minimum atomic E-state index is -0.294. The number of benzene rings is 2. The van der Waals surface area contributed by atoms with Crippen molar-refractivity contribution in [3.63, 3.8) is 0 Å². The first-order chi connectivity index (χ1) is 9.11. The number of hydrazine groups is 1. The first kappa shape index (κ1) is 14.5. The molecule has 2 aromatic rings. The highest BCUT2D eigenvalue weighted by Gasteiger charge is 2.16. The largest absolute Gasteiger partial charge is 0.271 e. The Morgan fingerprint density at radius 2 is 2.00 bits per heavy atom. The molecular formula is C14H13BrClFN2. The van der Waals surface area contributed by atoms with Gasteiger partial charge in [-0.25, -0.2) is 4.39 Å². The molecule has 0 heterocycles. The van der Waals surface area contributed by atoms with Crippen molar-refractivity contribution in [3.05, 3.63) is 68.9 Å². The van der Waals surface area contributed by atoms with Gasteiger partial charge in [-0.3, -0.25) is 11.3 Å². The van der Waals surface area contributed by atoms with E-state index in [1.54, 1.807) is 6.07 Å². The van der Waals surface area contributed by atoms with E-state index >= 15 is 0 Å². The van der Waals surface area contributed by atoms with Crippen molar-refractivity contribution >= 4 is 27.5 Å². The molecule has 2 rings (SSSR count). The van der Waals surface area contributed by atoms with Crippen LogP contribution in [0, 0.1) is 5.82 Å². The third-order valence-corrected chi connectivity index (χ3v) is 4.01. The molecule has 0 aliphatic rings. The van der Waals surface area contributed by atoms with E-state index in [1.807, 2.05) is 24.3 Å². The summed E-state index contributed by atoms with van der Waals surface area (Å²) < 4.78 is 14.2. The summed E-state index contributed by atoms with van der Waals surface area (Å²) in [5, 5.41) is 0.676. The average molecular weight is 344 g/mol. The van der Waals surface area contributed by atoms with E-state index in [4.69, 9.17) is 17.4 Å². The van der Waals surface area contributed by atoms with Gasteiger partial charge in [-0.05, 0) is 41.8 Å². The molecule has 0 bridgehead atoms. The summed E-state index contributed by atoms with van der Waals surface area (Å²) in [4.78, 5) is 0. The van der Waals surface area contributed by atoms with Gasteiger partial charge in [0.15, 0.2) is 0 Å². The molecule has 100 valence electrons. The molecule has 2 aromatic carbocycles. The van der Waals surface area contributed by atoms with Crippen molar-refractivity contribution in [2.45, 2.75) is 12.5 Å². The fourth-order valence-electron chi connectivity index (χ4n) is 1.92. The molecular weight excluding hydrogens is 331 g/mol. The zero-order chi connectivity index (χ0) is 13.8. The zero-order valence-electron chi connectivity index (χ0n) is 10.0. The van der Waals surface area contributed by atoms with E-state index in [-0.39, 0.29) is 11.9 Å². The Kier molecular flexibility index (Phi) is 4.93. The Bertz CT molecular complexity index is 577. The Balaban J connectivity index is 2.30. The minimum absolute atomic E-state index is 0.218. The van der Waals surface area contributed by atoms with Gasteiger partial charge < -0.3 is 0 Å². The maximum Gasteiger partial charge on any atom is 0.123 e. The summed E-state index contributed by atoms with van der Waals surface area (Å²) in [6.07, 6.45) is 0.582. The van der Waals surface area contributed by atoms with Gasteiger partial charge in [-0.2, -0.15) is 0 Å². The summed E-state index contributed by atoms with van der Waals surface area (Å²) in [5.41, 5.74) is 4.43. The lowest BCUT2D eigenvalue weighted by molar-refractivity contribution is 0.542. The van der Waals surface area contributed by atoms with Crippen LogP contribution in [-0.2, 0) is 6.42 Å². The number of hydrogen-bond donors (Lipinski definition) is 2. The van der Waals surface area contributed by atoms with Gasteiger partial charge in [0, 0.05) is 9.50 Å². The van der Waals surface area contributed by atoms with Crippen molar-refractivity contribution in [1.29, 1.82) is 0 Å². The van der Waals surface area contributed by atoms with Crippen molar-refractivity contribution in [3.8, 4) is 0 Å². The highest BCUT2D eigenvalue weighted by Crippen LogP contribution is 2.28. The molecule has 1 unspecified atom stereocenters. The second-order valence-electron chi connectivity index (χ2n) is 4.18. The van der Waals surface area contributed by atoms with Gasteiger partial charge in [0.05, 0.1) is 6.04 Å². The van der Waals surface area contributed by atoms with Crippen LogP contribution >= 0.6 is 27.5 Å².